The summed E-state index contributed by atoms with van der Waals surface area (Å²) in [7, 11) is 0. The number of rotatable bonds is 5. The lowest BCUT2D eigenvalue weighted by atomic mass is 10.0. The van der Waals surface area contributed by atoms with Gasteiger partial charge in [-0.25, -0.2) is 4.79 Å². The van der Waals surface area contributed by atoms with Crippen LogP contribution in [0.5, 0.6) is 0 Å². The number of aryl methyl sites for hydroxylation is 2. The average molecular weight is 275 g/mol. The number of hydrogen-bond donors (Lipinski definition) is 2. The Labute approximate surface area is 118 Å². The summed E-state index contributed by atoms with van der Waals surface area (Å²) in [6.45, 7) is 6.61. The molecule has 0 radical (unpaired) electrons. The van der Waals surface area contributed by atoms with Gasteiger partial charge in [0.05, 0.1) is 6.61 Å². The smallest absolute Gasteiger partial charge is 0.336 e. The monoisotopic (exact) mass is 275 g/mol. The Hall–Kier alpha value is -1.65. The Kier molecular flexibility index (Phi) is 4.57. The van der Waals surface area contributed by atoms with Crippen molar-refractivity contribution in [3.05, 3.63) is 45.3 Å². The van der Waals surface area contributed by atoms with E-state index >= 15 is 0 Å². The van der Waals surface area contributed by atoms with Gasteiger partial charge in [-0.2, -0.15) is 0 Å². The van der Waals surface area contributed by atoms with Gasteiger partial charge in [0.1, 0.15) is 5.58 Å². The van der Waals surface area contributed by atoms with E-state index in [-0.39, 0.29) is 18.3 Å². The van der Waals surface area contributed by atoms with Crippen molar-refractivity contribution in [2.45, 2.75) is 39.8 Å². The van der Waals surface area contributed by atoms with Crippen molar-refractivity contribution in [3.63, 3.8) is 0 Å². The molecule has 4 heteroatoms. The standard InChI is InChI=1S/C16H21NO3/c1-4-13(9-18)17-8-12-7-15(19)20-16-11(3)10(2)5-6-14(12)16/h5-7,13,17-18H,4,8-9H2,1-3H3/t13-/m0/s1. The lowest BCUT2D eigenvalue weighted by Crippen LogP contribution is -2.31. The Morgan fingerprint density at radius 3 is 2.75 bits per heavy atom. The highest BCUT2D eigenvalue weighted by molar-refractivity contribution is 5.83. The lowest BCUT2D eigenvalue weighted by molar-refractivity contribution is 0.238. The molecule has 1 heterocycles. The summed E-state index contributed by atoms with van der Waals surface area (Å²) < 4.78 is 5.34. The molecule has 1 aromatic carbocycles. The van der Waals surface area contributed by atoms with Gasteiger partial charge in [-0.05, 0) is 37.0 Å². The maximum absolute atomic E-state index is 11.7. The second-order valence-electron chi connectivity index (χ2n) is 5.14. The van der Waals surface area contributed by atoms with Crippen molar-refractivity contribution < 1.29 is 9.52 Å². The van der Waals surface area contributed by atoms with Crippen LogP contribution in [0.3, 0.4) is 0 Å². The molecule has 0 aliphatic rings. The van der Waals surface area contributed by atoms with E-state index in [9.17, 15) is 9.90 Å². The van der Waals surface area contributed by atoms with Gasteiger partial charge >= 0.3 is 5.63 Å². The van der Waals surface area contributed by atoms with E-state index in [0.717, 1.165) is 28.5 Å². The fourth-order valence-corrected chi connectivity index (χ4v) is 2.26. The molecule has 108 valence electrons. The van der Waals surface area contributed by atoms with Crippen molar-refractivity contribution in [1.29, 1.82) is 0 Å². The highest BCUT2D eigenvalue weighted by atomic mass is 16.4. The zero-order chi connectivity index (χ0) is 14.7. The van der Waals surface area contributed by atoms with Gasteiger partial charge in [0.2, 0.25) is 0 Å². The van der Waals surface area contributed by atoms with Gasteiger partial charge in [0.25, 0.3) is 0 Å². The quantitative estimate of drug-likeness (QED) is 0.822. The van der Waals surface area contributed by atoms with Crippen LogP contribution in [0.2, 0.25) is 0 Å². The first-order chi connectivity index (χ1) is 9.56. The first-order valence-electron chi connectivity index (χ1n) is 6.94. The second-order valence-corrected chi connectivity index (χ2v) is 5.14. The molecule has 0 aliphatic carbocycles. The summed E-state index contributed by atoms with van der Waals surface area (Å²) in [5, 5.41) is 13.4. The van der Waals surface area contributed by atoms with Gasteiger partial charge in [0.15, 0.2) is 0 Å². The molecule has 0 saturated heterocycles. The zero-order valence-corrected chi connectivity index (χ0v) is 12.2. The van der Waals surface area contributed by atoms with Crippen LogP contribution in [0.15, 0.2) is 27.4 Å². The van der Waals surface area contributed by atoms with Crippen LogP contribution in [0.25, 0.3) is 11.0 Å². The predicted molar refractivity (Wildman–Crippen MR) is 80.0 cm³/mol. The Balaban J connectivity index is 2.43. The lowest BCUT2D eigenvalue weighted by Gasteiger charge is -2.15. The summed E-state index contributed by atoms with van der Waals surface area (Å²) in [5.41, 5.74) is 3.33. The molecular formula is C16H21NO3. The van der Waals surface area contributed by atoms with Gasteiger partial charge in [-0.1, -0.05) is 19.1 Å². The molecule has 1 atom stereocenters. The Morgan fingerprint density at radius 2 is 2.10 bits per heavy atom. The zero-order valence-electron chi connectivity index (χ0n) is 12.2. The number of aliphatic hydroxyl groups is 1. The van der Waals surface area contributed by atoms with Gasteiger partial charge in [-0.3, -0.25) is 0 Å². The van der Waals surface area contributed by atoms with Gasteiger partial charge < -0.3 is 14.8 Å². The normalized spacial score (nSPS) is 12.8. The minimum Gasteiger partial charge on any atom is -0.422 e. The minimum absolute atomic E-state index is 0.0452. The molecule has 0 unspecified atom stereocenters. The number of nitrogens with one attached hydrogen (secondary N) is 1. The molecule has 2 aromatic rings. The van der Waals surface area contributed by atoms with Crippen LogP contribution in [0.1, 0.15) is 30.0 Å². The van der Waals surface area contributed by atoms with Crippen molar-refractivity contribution in [3.8, 4) is 0 Å². The minimum atomic E-state index is -0.333. The fourth-order valence-electron chi connectivity index (χ4n) is 2.26. The third-order valence-corrected chi connectivity index (χ3v) is 3.81. The molecule has 0 spiro atoms. The Morgan fingerprint density at radius 1 is 1.35 bits per heavy atom. The van der Waals surface area contributed by atoms with Crippen molar-refractivity contribution in [2.24, 2.45) is 0 Å². The van der Waals surface area contributed by atoms with E-state index in [1.165, 1.54) is 6.07 Å². The molecule has 0 amide bonds. The summed E-state index contributed by atoms with van der Waals surface area (Å²) in [6.07, 6.45) is 0.841. The van der Waals surface area contributed by atoms with E-state index in [4.69, 9.17) is 4.42 Å². The maximum atomic E-state index is 11.7. The molecular weight excluding hydrogens is 254 g/mol. The van der Waals surface area contributed by atoms with E-state index in [1.807, 2.05) is 32.9 Å². The third kappa shape index (κ3) is 2.92. The van der Waals surface area contributed by atoms with E-state index < -0.39 is 0 Å². The van der Waals surface area contributed by atoms with E-state index in [0.29, 0.717) is 12.1 Å². The predicted octanol–water partition coefficient (Wildman–Crippen LogP) is 2.27. The van der Waals surface area contributed by atoms with E-state index in [1.54, 1.807) is 0 Å². The average Bonchev–Trinajstić information content (AvgIpc) is 2.44. The molecule has 0 fully saturated rings. The molecule has 1 aromatic heterocycles. The van der Waals surface area contributed by atoms with Crippen LogP contribution in [0, 0.1) is 13.8 Å². The highest BCUT2D eigenvalue weighted by Crippen LogP contribution is 2.23. The molecule has 2 N–H and O–H groups in total. The van der Waals surface area contributed by atoms with E-state index in [2.05, 4.69) is 5.32 Å². The highest BCUT2D eigenvalue weighted by Gasteiger charge is 2.11. The topological polar surface area (TPSA) is 62.5 Å². The van der Waals surface area contributed by atoms with Crippen LogP contribution < -0.4 is 10.9 Å². The van der Waals surface area contributed by atoms with Gasteiger partial charge in [0, 0.05) is 24.0 Å². The molecule has 2 rings (SSSR count). The second kappa shape index (κ2) is 6.20. The maximum Gasteiger partial charge on any atom is 0.336 e. The summed E-state index contributed by atoms with van der Waals surface area (Å²) in [4.78, 5) is 11.7. The molecule has 0 aliphatic heterocycles. The first-order valence-corrected chi connectivity index (χ1v) is 6.94. The molecule has 0 bridgehead atoms. The van der Waals surface area contributed by atoms with Crippen LogP contribution in [-0.4, -0.2) is 17.8 Å². The van der Waals surface area contributed by atoms with Crippen LogP contribution in [0.4, 0.5) is 0 Å². The number of fused-ring (bicyclic) bond motifs is 1. The number of benzene rings is 1. The SMILES string of the molecule is CC[C@@H](CO)NCc1cc(=O)oc2c(C)c(C)ccc12. The first kappa shape index (κ1) is 14.8. The number of aliphatic hydroxyl groups excluding tert-OH is 1. The summed E-state index contributed by atoms with van der Waals surface area (Å²) in [5.74, 6) is 0. The third-order valence-electron chi connectivity index (χ3n) is 3.81. The number of hydrogen-bond acceptors (Lipinski definition) is 4. The molecule has 4 nitrogen and oxygen atoms in total. The largest absolute Gasteiger partial charge is 0.422 e. The fraction of sp³-hybridized carbons (Fsp3) is 0.438. The summed E-state index contributed by atoms with van der Waals surface area (Å²) >= 11 is 0. The molecule has 20 heavy (non-hydrogen) atoms. The van der Waals surface area contributed by atoms with Crippen molar-refractivity contribution in [1.82, 2.24) is 5.32 Å². The van der Waals surface area contributed by atoms with Gasteiger partial charge in [-0.15, -0.1) is 0 Å². The summed E-state index contributed by atoms with van der Waals surface area (Å²) in [6, 6.07) is 5.58. The molecule has 0 saturated carbocycles. The van der Waals surface area contributed by atoms with Crippen LogP contribution in [-0.2, 0) is 6.54 Å². The van der Waals surface area contributed by atoms with Crippen LogP contribution >= 0.6 is 0 Å². The Bertz CT molecular complexity index is 657. The van der Waals surface area contributed by atoms with Crippen molar-refractivity contribution in [2.75, 3.05) is 6.61 Å². The van der Waals surface area contributed by atoms with Crippen molar-refractivity contribution >= 4 is 11.0 Å².